The molecule has 0 saturated carbocycles. The Morgan fingerprint density at radius 1 is 1.44 bits per heavy atom. The second-order valence-electron chi connectivity index (χ2n) is 4.36. The number of hydrogen-bond acceptors (Lipinski definition) is 3. The Balaban J connectivity index is 2.94. The molecule has 1 N–H and O–H groups in total. The molecule has 1 aromatic rings. The van der Waals surface area contributed by atoms with Crippen LogP contribution in [0.15, 0.2) is 27.6 Å². The second kappa shape index (κ2) is 5.90. The summed E-state index contributed by atoms with van der Waals surface area (Å²) >= 11 is 4.63. The summed E-state index contributed by atoms with van der Waals surface area (Å²) in [5, 5.41) is 0. The van der Waals surface area contributed by atoms with Gasteiger partial charge in [0.15, 0.2) is 0 Å². The summed E-state index contributed by atoms with van der Waals surface area (Å²) < 4.78 is 40.2. The van der Waals surface area contributed by atoms with Crippen molar-refractivity contribution in [3.05, 3.63) is 28.5 Å². The fourth-order valence-electron chi connectivity index (χ4n) is 1.11. The van der Waals surface area contributed by atoms with Crippen LogP contribution in [0, 0.1) is 5.82 Å². The first kappa shape index (κ1) is 15.9. The number of thioether (sulfide) groups is 1. The minimum absolute atomic E-state index is 0.237. The van der Waals surface area contributed by atoms with E-state index in [1.165, 1.54) is 12.1 Å². The van der Waals surface area contributed by atoms with E-state index in [1.54, 1.807) is 11.8 Å². The summed E-state index contributed by atoms with van der Waals surface area (Å²) in [7, 11) is -3.81. The van der Waals surface area contributed by atoms with E-state index in [4.69, 9.17) is 0 Å². The summed E-state index contributed by atoms with van der Waals surface area (Å²) in [5.41, 5.74) is 0. The van der Waals surface area contributed by atoms with Gasteiger partial charge in [-0.15, -0.1) is 0 Å². The van der Waals surface area contributed by atoms with E-state index in [0.717, 1.165) is 6.07 Å². The van der Waals surface area contributed by atoms with E-state index in [0.29, 0.717) is 4.47 Å². The fraction of sp³-hybridized carbons (Fsp3) is 0.455. The van der Waals surface area contributed by atoms with Crippen molar-refractivity contribution in [1.29, 1.82) is 0 Å². The first-order valence-electron chi connectivity index (χ1n) is 5.18. The van der Waals surface area contributed by atoms with E-state index in [9.17, 15) is 12.8 Å². The third-order valence-corrected chi connectivity index (χ3v) is 5.60. The number of hydrogen-bond donors (Lipinski definition) is 1. The molecule has 1 aromatic carbocycles. The molecule has 0 bridgehead atoms. The Bertz CT molecular complexity index is 532. The number of nitrogens with one attached hydrogen (secondary N) is 1. The normalized spacial score (nSPS) is 12.7. The van der Waals surface area contributed by atoms with Crippen LogP contribution >= 0.6 is 27.7 Å². The lowest BCUT2D eigenvalue weighted by molar-refractivity contribution is 0.550. The third kappa shape index (κ3) is 4.22. The number of halogens is 2. The Hall–Kier alpha value is -0.110. The summed E-state index contributed by atoms with van der Waals surface area (Å²) in [6.45, 7) is 4.07. The van der Waals surface area contributed by atoms with Gasteiger partial charge in [0.05, 0.1) is 0 Å². The second-order valence-corrected chi connectivity index (χ2v) is 8.53. The molecule has 0 heterocycles. The van der Waals surface area contributed by atoms with Crippen molar-refractivity contribution in [3.63, 3.8) is 0 Å². The van der Waals surface area contributed by atoms with E-state index < -0.39 is 15.8 Å². The van der Waals surface area contributed by atoms with Crippen LogP contribution in [-0.4, -0.2) is 26.0 Å². The number of benzene rings is 1. The highest BCUT2D eigenvalue weighted by molar-refractivity contribution is 9.10. The molecule has 0 spiro atoms. The molecule has 0 saturated heterocycles. The van der Waals surface area contributed by atoms with Gasteiger partial charge >= 0.3 is 0 Å². The van der Waals surface area contributed by atoms with E-state index in [2.05, 4.69) is 20.7 Å². The summed E-state index contributed by atoms with van der Waals surface area (Å²) in [6, 6.07) is 3.87. The first-order valence-corrected chi connectivity index (χ1v) is 8.68. The van der Waals surface area contributed by atoms with Gasteiger partial charge in [-0.25, -0.2) is 17.5 Å². The van der Waals surface area contributed by atoms with Gasteiger partial charge in [0.2, 0.25) is 10.0 Å². The molecule has 0 radical (unpaired) electrons. The summed E-state index contributed by atoms with van der Waals surface area (Å²) in [4.78, 5) is -0.331. The van der Waals surface area contributed by atoms with E-state index in [-0.39, 0.29) is 16.2 Å². The molecule has 0 fully saturated rings. The molecule has 0 aliphatic heterocycles. The fourth-order valence-corrected chi connectivity index (χ4v) is 3.02. The highest BCUT2D eigenvalue weighted by Gasteiger charge is 2.23. The Morgan fingerprint density at radius 3 is 2.56 bits per heavy atom. The van der Waals surface area contributed by atoms with Gasteiger partial charge < -0.3 is 0 Å². The van der Waals surface area contributed by atoms with E-state index >= 15 is 0 Å². The SMILES string of the molecule is CSC(C)(C)CNS(=O)(=O)c1ccc(Br)cc1F. The lowest BCUT2D eigenvalue weighted by Gasteiger charge is -2.22. The van der Waals surface area contributed by atoms with Gasteiger partial charge in [-0.2, -0.15) is 11.8 Å². The van der Waals surface area contributed by atoms with E-state index in [1.807, 2.05) is 20.1 Å². The molecule has 0 atom stereocenters. The predicted octanol–water partition coefficient (Wildman–Crippen LogP) is 3.01. The highest BCUT2D eigenvalue weighted by Crippen LogP contribution is 2.22. The molecule has 0 aliphatic rings. The molecular formula is C11H15BrFNO2S2. The zero-order chi connectivity index (χ0) is 14.0. The van der Waals surface area contributed by atoms with Gasteiger partial charge in [0.25, 0.3) is 0 Å². The van der Waals surface area contributed by atoms with Crippen molar-refractivity contribution in [2.24, 2.45) is 0 Å². The largest absolute Gasteiger partial charge is 0.243 e. The molecule has 0 aliphatic carbocycles. The van der Waals surface area contributed by atoms with Crippen LogP contribution in [0.3, 0.4) is 0 Å². The van der Waals surface area contributed by atoms with Crippen LogP contribution in [-0.2, 0) is 10.0 Å². The smallest absolute Gasteiger partial charge is 0.210 e. The van der Waals surface area contributed by atoms with Gasteiger partial charge in [-0.3, -0.25) is 0 Å². The van der Waals surface area contributed by atoms with Crippen LogP contribution in [0.1, 0.15) is 13.8 Å². The van der Waals surface area contributed by atoms with Crippen molar-refractivity contribution >= 4 is 37.7 Å². The maximum Gasteiger partial charge on any atom is 0.243 e. The zero-order valence-corrected chi connectivity index (χ0v) is 13.5. The molecule has 3 nitrogen and oxygen atoms in total. The standard InChI is InChI=1S/C11H15BrFNO2S2/c1-11(2,17-3)7-14-18(15,16)10-5-4-8(12)6-9(10)13/h4-6,14H,7H2,1-3H3. The molecule has 0 aromatic heterocycles. The van der Waals surface area contributed by atoms with Crippen LogP contribution in [0.5, 0.6) is 0 Å². The number of sulfonamides is 1. The Kier molecular flexibility index (Phi) is 5.22. The molecule has 1 rings (SSSR count). The van der Waals surface area contributed by atoms with Gasteiger partial charge in [-0.05, 0) is 38.3 Å². The minimum Gasteiger partial charge on any atom is -0.210 e. The molecular weight excluding hydrogens is 341 g/mol. The van der Waals surface area contributed by atoms with Crippen molar-refractivity contribution in [2.75, 3.05) is 12.8 Å². The Morgan fingerprint density at radius 2 is 2.06 bits per heavy atom. The molecule has 0 amide bonds. The molecule has 7 heteroatoms. The molecule has 102 valence electrons. The van der Waals surface area contributed by atoms with Crippen LogP contribution in [0.2, 0.25) is 0 Å². The highest BCUT2D eigenvalue weighted by atomic mass is 79.9. The van der Waals surface area contributed by atoms with Gasteiger partial charge in [-0.1, -0.05) is 15.9 Å². The average molecular weight is 356 g/mol. The Labute approximate surface area is 120 Å². The van der Waals surface area contributed by atoms with Crippen molar-refractivity contribution in [2.45, 2.75) is 23.5 Å². The van der Waals surface area contributed by atoms with Crippen molar-refractivity contribution < 1.29 is 12.8 Å². The van der Waals surface area contributed by atoms with Gasteiger partial charge in [0, 0.05) is 15.8 Å². The van der Waals surface area contributed by atoms with Crippen molar-refractivity contribution in [1.82, 2.24) is 4.72 Å². The number of rotatable bonds is 5. The predicted molar refractivity (Wildman–Crippen MR) is 76.9 cm³/mol. The first-order chi connectivity index (χ1) is 8.18. The quantitative estimate of drug-likeness (QED) is 0.882. The molecule has 18 heavy (non-hydrogen) atoms. The zero-order valence-electron chi connectivity index (χ0n) is 10.3. The van der Waals surface area contributed by atoms with Crippen LogP contribution in [0.25, 0.3) is 0 Å². The minimum atomic E-state index is -3.81. The average Bonchev–Trinajstić information content (AvgIpc) is 2.26. The monoisotopic (exact) mass is 355 g/mol. The lowest BCUT2D eigenvalue weighted by atomic mass is 10.2. The van der Waals surface area contributed by atoms with Crippen LogP contribution < -0.4 is 4.72 Å². The maximum absolute atomic E-state index is 13.6. The summed E-state index contributed by atoms with van der Waals surface area (Å²) in [6.07, 6.45) is 1.90. The van der Waals surface area contributed by atoms with Crippen LogP contribution in [0.4, 0.5) is 4.39 Å². The topological polar surface area (TPSA) is 46.2 Å². The maximum atomic E-state index is 13.6. The van der Waals surface area contributed by atoms with Crippen molar-refractivity contribution in [3.8, 4) is 0 Å². The third-order valence-electron chi connectivity index (χ3n) is 2.42. The lowest BCUT2D eigenvalue weighted by Crippen LogP contribution is -2.36. The molecule has 0 unspecified atom stereocenters. The van der Waals surface area contributed by atoms with Gasteiger partial charge in [0.1, 0.15) is 10.7 Å². The summed E-state index contributed by atoms with van der Waals surface area (Å²) in [5.74, 6) is -0.765.